The van der Waals surface area contributed by atoms with Crippen LogP contribution in [0.15, 0.2) is 29.2 Å². The lowest BCUT2D eigenvalue weighted by Crippen LogP contribution is -2.29. The van der Waals surface area contributed by atoms with Gasteiger partial charge < -0.3 is 5.32 Å². The van der Waals surface area contributed by atoms with Crippen LogP contribution in [-0.2, 0) is 0 Å². The number of benzene rings is 1. The van der Waals surface area contributed by atoms with Crippen molar-refractivity contribution in [2.45, 2.75) is 42.9 Å². The molecule has 0 spiro atoms. The summed E-state index contributed by atoms with van der Waals surface area (Å²) in [5.41, 5.74) is 1.63. The molecule has 2 heteroatoms. The normalized spacial score (nSPS) is 30.3. The molecule has 1 aromatic rings. The van der Waals surface area contributed by atoms with Gasteiger partial charge in [0.2, 0.25) is 0 Å². The van der Waals surface area contributed by atoms with Crippen LogP contribution in [0.5, 0.6) is 0 Å². The molecule has 3 atom stereocenters. The van der Waals surface area contributed by atoms with Crippen LogP contribution in [0.1, 0.15) is 43.6 Å². The molecule has 0 amide bonds. The number of hydrogen-bond acceptors (Lipinski definition) is 2. The minimum absolute atomic E-state index is 0.809. The predicted octanol–water partition coefficient (Wildman–Crippen LogP) is 4.29. The van der Waals surface area contributed by atoms with E-state index in [1.807, 2.05) is 0 Å². The van der Waals surface area contributed by atoms with E-state index in [1.54, 1.807) is 5.56 Å². The van der Waals surface area contributed by atoms with Gasteiger partial charge >= 0.3 is 0 Å². The van der Waals surface area contributed by atoms with Crippen LogP contribution in [0, 0.1) is 11.8 Å². The highest BCUT2D eigenvalue weighted by molar-refractivity contribution is 7.99. The molecule has 1 nitrogen and oxygen atoms in total. The SMILES string of the molecule is CNCC1CCCCC1CC1CSc2ccccc21. The van der Waals surface area contributed by atoms with E-state index in [9.17, 15) is 0 Å². The first kappa shape index (κ1) is 13.5. The summed E-state index contributed by atoms with van der Waals surface area (Å²) in [7, 11) is 2.10. The molecule has 0 bridgehead atoms. The molecular formula is C17H25NS. The molecule has 104 valence electrons. The fourth-order valence-corrected chi connectivity index (χ4v) is 5.19. The first-order valence-electron chi connectivity index (χ1n) is 7.75. The Kier molecular flexibility index (Phi) is 4.49. The molecule has 2 aliphatic rings. The molecule has 0 aromatic heterocycles. The van der Waals surface area contributed by atoms with Crippen molar-refractivity contribution >= 4 is 11.8 Å². The third-order valence-electron chi connectivity index (χ3n) is 4.92. The summed E-state index contributed by atoms with van der Waals surface area (Å²) >= 11 is 2.06. The molecule has 1 heterocycles. The maximum absolute atomic E-state index is 3.41. The van der Waals surface area contributed by atoms with Gasteiger partial charge in [-0.05, 0) is 55.8 Å². The number of nitrogens with one attached hydrogen (secondary N) is 1. The molecule has 1 fully saturated rings. The predicted molar refractivity (Wildman–Crippen MR) is 83.9 cm³/mol. The van der Waals surface area contributed by atoms with Crippen molar-refractivity contribution in [3.8, 4) is 0 Å². The monoisotopic (exact) mass is 275 g/mol. The Labute approximate surface area is 121 Å². The van der Waals surface area contributed by atoms with Crippen LogP contribution in [0.3, 0.4) is 0 Å². The highest BCUT2D eigenvalue weighted by Gasteiger charge is 2.30. The Morgan fingerprint density at radius 3 is 2.79 bits per heavy atom. The van der Waals surface area contributed by atoms with Gasteiger partial charge in [0, 0.05) is 10.6 Å². The first-order valence-corrected chi connectivity index (χ1v) is 8.73. The van der Waals surface area contributed by atoms with Gasteiger partial charge in [-0.25, -0.2) is 0 Å². The van der Waals surface area contributed by atoms with E-state index < -0.39 is 0 Å². The zero-order valence-corrected chi connectivity index (χ0v) is 12.7. The van der Waals surface area contributed by atoms with E-state index in [1.165, 1.54) is 49.3 Å². The van der Waals surface area contributed by atoms with Gasteiger partial charge in [0.1, 0.15) is 0 Å². The van der Waals surface area contributed by atoms with Gasteiger partial charge in [-0.3, -0.25) is 0 Å². The van der Waals surface area contributed by atoms with E-state index >= 15 is 0 Å². The Balaban J connectivity index is 1.67. The lowest BCUT2D eigenvalue weighted by Gasteiger charge is -2.33. The lowest BCUT2D eigenvalue weighted by atomic mass is 9.74. The maximum atomic E-state index is 3.41. The Bertz CT molecular complexity index is 415. The number of thioether (sulfide) groups is 1. The summed E-state index contributed by atoms with van der Waals surface area (Å²) in [6, 6.07) is 9.05. The van der Waals surface area contributed by atoms with Crippen molar-refractivity contribution < 1.29 is 0 Å². The molecule has 1 aliphatic heterocycles. The van der Waals surface area contributed by atoms with Crippen LogP contribution in [0.2, 0.25) is 0 Å². The fourth-order valence-electron chi connectivity index (χ4n) is 3.92. The Hall–Kier alpha value is -0.470. The smallest absolute Gasteiger partial charge is 0.0107 e. The summed E-state index contributed by atoms with van der Waals surface area (Å²) in [4.78, 5) is 1.54. The maximum Gasteiger partial charge on any atom is 0.0107 e. The number of rotatable bonds is 4. The summed E-state index contributed by atoms with van der Waals surface area (Å²) in [6.07, 6.45) is 7.20. The average molecular weight is 275 g/mol. The van der Waals surface area contributed by atoms with Gasteiger partial charge in [-0.2, -0.15) is 0 Å². The van der Waals surface area contributed by atoms with Gasteiger partial charge in [-0.15, -0.1) is 11.8 Å². The van der Waals surface area contributed by atoms with Gasteiger partial charge in [0.15, 0.2) is 0 Å². The molecule has 3 rings (SSSR count). The molecule has 1 aliphatic carbocycles. The second-order valence-corrected chi connectivity index (χ2v) is 7.21. The van der Waals surface area contributed by atoms with E-state index in [-0.39, 0.29) is 0 Å². The lowest BCUT2D eigenvalue weighted by molar-refractivity contribution is 0.213. The minimum atomic E-state index is 0.809. The topological polar surface area (TPSA) is 12.0 Å². The summed E-state index contributed by atoms with van der Waals surface area (Å²) in [5, 5.41) is 3.41. The van der Waals surface area contributed by atoms with Crippen LogP contribution in [-0.4, -0.2) is 19.3 Å². The third kappa shape index (κ3) is 3.00. The number of hydrogen-bond donors (Lipinski definition) is 1. The van der Waals surface area contributed by atoms with Gasteiger partial charge in [-0.1, -0.05) is 37.5 Å². The first-order chi connectivity index (χ1) is 9.38. The second-order valence-electron chi connectivity index (χ2n) is 6.14. The fraction of sp³-hybridized carbons (Fsp3) is 0.647. The summed E-state index contributed by atoms with van der Waals surface area (Å²) in [5.74, 6) is 3.97. The van der Waals surface area contributed by atoms with Crippen molar-refractivity contribution in [2.75, 3.05) is 19.3 Å². The van der Waals surface area contributed by atoms with Crippen molar-refractivity contribution in [3.63, 3.8) is 0 Å². The van der Waals surface area contributed by atoms with Crippen molar-refractivity contribution in [1.29, 1.82) is 0 Å². The largest absolute Gasteiger partial charge is 0.319 e. The van der Waals surface area contributed by atoms with Gasteiger partial charge in [0.05, 0.1) is 0 Å². The minimum Gasteiger partial charge on any atom is -0.319 e. The van der Waals surface area contributed by atoms with Crippen molar-refractivity contribution in [1.82, 2.24) is 5.32 Å². The zero-order valence-electron chi connectivity index (χ0n) is 11.9. The average Bonchev–Trinajstić information content (AvgIpc) is 2.85. The molecule has 3 unspecified atom stereocenters. The molecular weight excluding hydrogens is 250 g/mol. The van der Waals surface area contributed by atoms with E-state index in [0.717, 1.165) is 17.8 Å². The van der Waals surface area contributed by atoms with E-state index in [2.05, 4.69) is 48.4 Å². The summed E-state index contributed by atoms with van der Waals surface area (Å²) < 4.78 is 0. The van der Waals surface area contributed by atoms with Crippen molar-refractivity contribution in [3.05, 3.63) is 29.8 Å². The highest BCUT2D eigenvalue weighted by Crippen LogP contribution is 2.45. The highest BCUT2D eigenvalue weighted by atomic mass is 32.2. The van der Waals surface area contributed by atoms with Crippen LogP contribution in [0.25, 0.3) is 0 Å². The molecule has 19 heavy (non-hydrogen) atoms. The van der Waals surface area contributed by atoms with Crippen molar-refractivity contribution in [2.24, 2.45) is 11.8 Å². The third-order valence-corrected chi connectivity index (χ3v) is 6.17. The zero-order chi connectivity index (χ0) is 13.1. The molecule has 1 saturated carbocycles. The summed E-state index contributed by atoms with van der Waals surface area (Å²) in [6.45, 7) is 1.21. The van der Waals surface area contributed by atoms with Crippen LogP contribution in [0.4, 0.5) is 0 Å². The molecule has 1 N–H and O–H groups in total. The van der Waals surface area contributed by atoms with Gasteiger partial charge in [0.25, 0.3) is 0 Å². The second kappa shape index (κ2) is 6.32. The quantitative estimate of drug-likeness (QED) is 0.879. The Morgan fingerprint density at radius 2 is 1.95 bits per heavy atom. The Morgan fingerprint density at radius 1 is 1.16 bits per heavy atom. The molecule has 0 saturated heterocycles. The van der Waals surface area contributed by atoms with E-state index in [4.69, 9.17) is 0 Å². The van der Waals surface area contributed by atoms with E-state index in [0.29, 0.717) is 0 Å². The van der Waals surface area contributed by atoms with Crippen LogP contribution < -0.4 is 5.32 Å². The molecule has 0 radical (unpaired) electrons. The number of fused-ring (bicyclic) bond motifs is 1. The standard InChI is InChI=1S/C17H25NS/c1-18-11-14-7-3-2-6-13(14)10-15-12-19-17-9-5-4-8-16(15)17/h4-5,8-9,13-15,18H,2-3,6-7,10-12H2,1H3. The van der Waals surface area contributed by atoms with Crippen LogP contribution >= 0.6 is 11.8 Å². The molecule has 1 aromatic carbocycles.